The lowest BCUT2D eigenvalue weighted by Crippen LogP contribution is -2.24. The smallest absolute Gasteiger partial charge is 0.0235 e. The molecule has 2 rings (SSSR count). The third-order valence-electron chi connectivity index (χ3n) is 5.13. The van der Waals surface area contributed by atoms with Gasteiger partial charge in [-0.3, -0.25) is 0 Å². The molecule has 0 aromatic carbocycles. The zero-order valence-electron chi connectivity index (χ0n) is 8.44. The third kappa shape index (κ3) is 0.666. The Bertz CT molecular complexity index is 192. The van der Waals surface area contributed by atoms with Crippen LogP contribution in [-0.2, 0) is 0 Å². The average Bonchev–Trinajstić information content (AvgIpc) is 2.32. The standard InChI is InChI=1S/C11H20/c1-7-9-6-10(3,4)8(2)11(7,9)5/h7-9H,6H2,1-5H3. The summed E-state index contributed by atoms with van der Waals surface area (Å²) in [6.45, 7) is 12.2. The molecule has 4 atom stereocenters. The van der Waals surface area contributed by atoms with Crippen LogP contribution in [0.4, 0.5) is 0 Å². The Balaban J connectivity index is 2.26. The van der Waals surface area contributed by atoms with Gasteiger partial charge in [-0.05, 0) is 35.0 Å². The van der Waals surface area contributed by atoms with Crippen LogP contribution in [0.3, 0.4) is 0 Å². The second kappa shape index (κ2) is 1.67. The predicted octanol–water partition coefficient (Wildman–Crippen LogP) is 3.32. The molecule has 0 aromatic rings. The van der Waals surface area contributed by atoms with Crippen LogP contribution >= 0.6 is 0 Å². The van der Waals surface area contributed by atoms with Gasteiger partial charge in [0.25, 0.3) is 0 Å². The largest absolute Gasteiger partial charge is 0.0617 e. The molecule has 2 aliphatic carbocycles. The maximum Gasteiger partial charge on any atom is -0.0235 e. The molecule has 0 N–H and O–H groups in total. The fourth-order valence-electron chi connectivity index (χ4n) is 3.56. The predicted molar refractivity (Wildman–Crippen MR) is 48.3 cm³/mol. The fourth-order valence-corrected chi connectivity index (χ4v) is 3.56. The van der Waals surface area contributed by atoms with Gasteiger partial charge in [0.2, 0.25) is 0 Å². The Morgan fingerprint density at radius 2 is 1.64 bits per heavy atom. The minimum Gasteiger partial charge on any atom is -0.0617 e. The minimum atomic E-state index is 0.617. The van der Waals surface area contributed by atoms with E-state index in [1.165, 1.54) is 6.42 Å². The van der Waals surface area contributed by atoms with Gasteiger partial charge in [0, 0.05) is 0 Å². The molecule has 0 aliphatic heterocycles. The lowest BCUT2D eigenvalue weighted by molar-refractivity contribution is 0.178. The highest BCUT2D eigenvalue weighted by Gasteiger charge is 2.69. The first-order valence-electron chi connectivity index (χ1n) is 4.90. The minimum absolute atomic E-state index is 0.617. The van der Waals surface area contributed by atoms with Crippen molar-refractivity contribution in [1.29, 1.82) is 0 Å². The summed E-state index contributed by atoms with van der Waals surface area (Å²) in [5.74, 6) is 2.98. The van der Waals surface area contributed by atoms with Gasteiger partial charge in [-0.15, -0.1) is 0 Å². The van der Waals surface area contributed by atoms with Gasteiger partial charge in [0.15, 0.2) is 0 Å². The number of hydrogen-bond donors (Lipinski definition) is 0. The van der Waals surface area contributed by atoms with E-state index >= 15 is 0 Å². The average molecular weight is 152 g/mol. The van der Waals surface area contributed by atoms with E-state index in [1.807, 2.05) is 0 Å². The monoisotopic (exact) mass is 152 g/mol. The number of hydrogen-bond acceptors (Lipinski definition) is 0. The van der Waals surface area contributed by atoms with Crippen molar-refractivity contribution in [3.63, 3.8) is 0 Å². The zero-order valence-corrected chi connectivity index (χ0v) is 8.44. The Kier molecular flexibility index (Phi) is 1.16. The van der Waals surface area contributed by atoms with E-state index < -0.39 is 0 Å². The van der Waals surface area contributed by atoms with Crippen molar-refractivity contribution >= 4 is 0 Å². The number of fused-ring (bicyclic) bond motifs is 1. The molecule has 0 saturated heterocycles. The topological polar surface area (TPSA) is 0 Å². The van der Waals surface area contributed by atoms with Crippen LogP contribution < -0.4 is 0 Å². The van der Waals surface area contributed by atoms with Crippen LogP contribution in [-0.4, -0.2) is 0 Å². The summed E-state index contributed by atoms with van der Waals surface area (Å²) in [4.78, 5) is 0. The van der Waals surface area contributed by atoms with Crippen molar-refractivity contribution in [3.05, 3.63) is 0 Å². The van der Waals surface area contributed by atoms with Gasteiger partial charge in [0.05, 0.1) is 0 Å². The van der Waals surface area contributed by atoms with E-state index in [1.54, 1.807) is 0 Å². The third-order valence-corrected chi connectivity index (χ3v) is 5.13. The van der Waals surface area contributed by atoms with Gasteiger partial charge < -0.3 is 0 Å². The van der Waals surface area contributed by atoms with Gasteiger partial charge in [-0.1, -0.05) is 34.6 Å². The van der Waals surface area contributed by atoms with Crippen molar-refractivity contribution in [2.75, 3.05) is 0 Å². The first-order chi connectivity index (χ1) is 4.90. The molecule has 0 bridgehead atoms. The molecule has 0 aromatic heterocycles. The maximum atomic E-state index is 2.49. The molecule has 0 radical (unpaired) electrons. The van der Waals surface area contributed by atoms with Gasteiger partial charge in [0.1, 0.15) is 0 Å². The molecule has 0 heterocycles. The normalized spacial score (nSPS) is 59.2. The SMILES string of the molecule is CC1C2CC(C)(C)C(C)C12C. The number of rotatable bonds is 0. The molecule has 0 spiro atoms. The zero-order chi connectivity index (χ0) is 8.44. The summed E-state index contributed by atoms with van der Waals surface area (Å²) in [6.07, 6.45) is 1.46. The molecule has 0 nitrogen and oxygen atoms in total. The van der Waals surface area contributed by atoms with Crippen LogP contribution in [0.2, 0.25) is 0 Å². The van der Waals surface area contributed by atoms with Crippen molar-refractivity contribution in [1.82, 2.24) is 0 Å². The van der Waals surface area contributed by atoms with Gasteiger partial charge in [-0.2, -0.15) is 0 Å². The van der Waals surface area contributed by atoms with E-state index in [0.717, 1.165) is 17.8 Å². The van der Waals surface area contributed by atoms with Crippen LogP contribution in [0, 0.1) is 28.6 Å². The van der Waals surface area contributed by atoms with Gasteiger partial charge in [-0.25, -0.2) is 0 Å². The molecular weight excluding hydrogens is 132 g/mol. The Morgan fingerprint density at radius 1 is 1.09 bits per heavy atom. The highest BCUT2D eigenvalue weighted by molar-refractivity contribution is 5.17. The Morgan fingerprint density at radius 3 is 1.91 bits per heavy atom. The van der Waals surface area contributed by atoms with E-state index in [2.05, 4.69) is 34.6 Å². The fraction of sp³-hybridized carbons (Fsp3) is 1.00. The highest BCUT2D eigenvalue weighted by Crippen LogP contribution is 2.75. The summed E-state index contributed by atoms with van der Waals surface area (Å²) in [5, 5.41) is 0. The van der Waals surface area contributed by atoms with Crippen molar-refractivity contribution < 1.29 is 0 Å². The van der Waals surface area contributed by atoms with E-state index in [0.29, 0.717) is 10.8 Å². The van der Waals surface area contributed by atoms with Gasteiger partial charge >= 0.3 is 0 Å². The summed E-state index contributed by atoms with van der Waals surface area (Å²) >= 11 is 0. The Hall–Kier alpha value is 0. The summed E-state index contributed by atoms with van der Waals surface area (Å²) < 4.78 is 0. The molecule has 64 valence electrons. The van der Waals surface area contributed by atoms with Crippen molar-refractivity contribution in [3.8, 4) is 0 Å². The highest BCUT2D eigenvalue weighted by atomic mass is 14.7. The Labute approximate surface area is 70.4 Å². The second-order valence-corrected chi connectivity index (χ2v) is 5.68. The van der Waals surface area contributed by atoms with Crippen LogP contribution in [0.1, 0.15) is 41.0 Å². The molecule has 11 heavy (non-hydrogen) atoms. The first-order valence-corrected chi connectivity index (χ1v) is 4.90. The summed E-state index contributed by atoms with van der Waals surface area (Å²) in [7, 11) is 0. The van der Waals surface area contributed by atoms with E-state index in [9.17, 15) is 0 Å². The molecule has 0 heteroatoms. The summed E-state index contributed by atoms with van der Waals surface area (Å²) in [6, 6.07) is 0. The maximum absolute atomic E-state index is 2.49. The van der Waals surface area contributed by atoms with Crippen molar-refractivity contribution in [2.45, 2.75) is 41.0 Å². The lowest BCUT2D eigenvalue weighted by Gasteiger charge is -2.31. The molecule has 2 aliphatic rings. The first kappa shape index (κ1) is 7.64. The lowest BCUT2D eigenvalue weighted by atomic mass is 9.74. The van der Waals surface area contributed by atoms with Crippen LogP contribution in [0.25, 0.3) is 0 Å². The molecular formula is C11H20. The second-order valence-electron chi connectivity index (χ2n) is 5.68. The van der Waals surface area contributed by atoms with Crippen molar-refractivity contribution in [2.24, 2.45) is 28.6 Å². The van der Waals surface area contributed by atoms with E-state index in [4.69, 9.17) is 0 Å². The van der Waals surface area contributed by atoms with Crippen LogP contribution in [0.15, 0.2) is 0 Å². The van der Waals surface area contributed by atoms with Crippen LogP contribution in [0.5, 0.6) is 0 Å². The molecule has 4 unspecified atom stereocenters. The quantitative estimate of drug-likeness (QED) is 0.499. The molecule has 2 saturated carbocycles. The molecule has 2 fully saturated rings. The molecule has 0 amide bonds. The van der Waals surface area contributed by atoms with E-state index in [-0.39, 0.29) is 0 Å². The summed E-state index contributed by atoms with van der Waals surface area (Å²) in [5.41, 5.74) is 1.33.